The minimum absolute atomic E-state index is 0.0711. The molecular weight excluding hydrogens is 437 g/mol. The molecule has 5 nitrogen and oxygen atoms in total. The van der Waals surface area contributed by atoms with Crippen LogP contribution in [0.25, 0.3) is 6.08 Å². The standard InChI is InChI=1S/C26H32FN3O2S/c1-3-5-16-29(4-2)17-10-15-28-25(31)19-30-22-13-8-9-14-23(22)33-24(26(30)32)18-20-11-6-7-12-21(20)27/h6-9,11-14,18H,3-5,10,15-17,19H2,1-2H3,(H,28,31). The lowest BCUT2D eigenvalue weighted by molar-refractivity contribution is -0.122. The number of hydrogen-bond acceptors (Lipinski definition) is 4. The van der Waals surface area contributed by atoms with Crippen LogP contribution in [-0.2, 0) is 9.59 Å². The first-order chi connectivity index (χ1) is 16.0. The molecule has 0 atom stereocenters. The number of halogens is 1. The Balaban J connectivity index is 1.65. The highest BCUT2D eigenvalue weighted by molar-refractivity contribution is 8.04. The average molecular weight is 470 g/mol. The molecule has 2 aromatic rings. The lowest BCUT2D eigenvalue weighted by Crippen LogP contribution is -2.43. The van der Waals surface area contributed by atoms with E-state index in [1.807, 2.05) is 24.3 Å². The van der Waals surface area contributed by atoms with Crippen molar-refractivity contribution in [3.8, 4) is 0 Å². The summed E-state index contributed by atoms with van der Waals surface area (Å²) >= 11 is 1.30. The van der Waals surface area contributed by atoms with Crippen molar-refractivity contribution in [1.82, 2.24) is 10.2 Å². The number of anilines is 1. The third kappa shape index (κ3) is 6.92. The number of rotatable bonds is 11. The van der Waals surface area contributed by atoms with Crippen LogP contribution < -0.4 is 10.2 Å². The van der Waals surface area contributed by atoms with E-state index in [4.69, 9.17) is 0 Å². The summed E-state index contributed by atoms with van der Waals surface area (Å²) in [5.41, 5.74) is 1.05. The zero-order valence-electron chi connectivity index (χ0n) is 19.4. The summed E-state index contributed by atoms with van der Waals surface area (Å²) in [6.45, 7) is 7.85. The predicted molar refractivity (Wildman–Crippen MR) is 134 cm³/mol. The molecule has 0 bridgehead atoms. The van der Waals surface area contributed by atoms with E-state index in [-0.39, 0.29) is 24.2 Å². The second-order valence-corrected chi connectivity index (χ2v) is 9.07. The van der Waals surface area contributed by atoms with Gasteiger partial charge < -0.3 is 10.2 Å². The molecule has 0 saturated carbocycles. The van der Waals surface area contributed by atoms with Crippen molar-refractivity contribution in [1.29, 1.82) is 0 Å². The van der Waals surface area contributed by atoms with Crippen LogP contribution in [0.4, 0.5) is 10.1 Å². The van der Waals surface area contributed by atoms with Crippen molar-refractivity contribution < 1.29 is 14.0 Å². The number of amides is 2. The topological polar surface area (TPSA) is 52.7 Å². The number of fused-ring (bicyclic) bond motifs is 1. The van der Waals surface area contributed by atoms with E-state index in [0.717, 1.165) is 31.0 Å². The molecule has 0 radical (unpaired) electrons. The number of para-hydroxylation sites is 1. The van der Waals surface area contributed by atoms with Crippen LogP contribution in [-0.4, -0.2) is 49.4 Å². The van der Waals surface area contributed by atoms with Crippen molar-refractivity contribution in [2.75, 3.05) is 37.6 Å². The maximum absolute atomic E-state index is 14.2. The maximum Gasteiger partial charge on any atom is 0.265 e. The number of benzene rings is 2. The van der Waals surface area contributed by atoms with Crippen LogP contribution in [0.5, 0.6) is 0 Å². The molecule has 33 heavy (non-hydrogen) atoms. The molecule has 0 aromatic heterocycles. The van der Waals surface area contributed by atoms with Crippen LogP contribution in [0.15, 0.2) is 58.3 Å². The second kappa shape index (κ2) is 12.6. The molecule has 1 heterocycles. The summed E-state index contributed by atoms with van der Waals surface area (Å²) < 4.78 is 14.2. The molecular formula is C26H32FN3O2S. The Morgan fingerprint density at radius 2 is 1.82 bits per heavy atom. The van der Waals surface area contributed by atoms with Gasteiger partial charge in [-0.25, -0.2) is 4.39 Å². The van der Waals surface area contributed by atoms with E-state index < -0.39 is 0 Å². The largest absolute Gasteiger partial charge is 0.355 e. The average Bonchev–Trinajstić information content (AvgIpc) is 2.82. The number of hydrogen-bond donors (Lipinski definition) is 1. The summed E-state index contributed by atoms with van der Waals surface area (Å²) in [6, 6.07) is 13.8. The number of thioether (sulfide) groups is 1. The first kappa shape index (κ1) is 25.0. The fraction of sp³-hybridized carbons (Fsp3) is 0.385. The Kier molecular flexibility index (Phi) is 9.51. The zero-order chi connectivity index (χ0) is 23.6. The van der Waals surface area contributed by atoms with Crippen molar-refractivity contribution >= 4 is 35.3 Å². The number of carbonyl (C=O) groups is 2. The molecule has 1 aliphatic rings. The number of nitrogens with one attached hydrogen (secondary N) is 1. The van der Waals surface area contributed by atoms with Gasteiger partial charge in [-0.05, 0) is 56.8 Å². The quantitative estimate of drug-likeness (QED) is 0.374. The van der Waals surface area contributed by atoms with Crippen molar-refractivity contribution in [2.24, 2.45) is 0 Å². The van der Waals surface area contributed by atoms with E-state index in [1.165, 1.54) is 35.6 Å². The molecule has 7 heteroatoms. The Labute approximate surface area is 200 Å². The summed E-state index contributed by atoms with van der Waals surface area (Å²) in [4.78, 5) is 31.0. The highest BCUT2D eigenvalue weighted by atomic mass is 32.2. The van der Waals surface area contributed by atoms with Gasteiger partial charge in [-0.2, -0.15) is 0 Å². The minimum Gasteiger partial charge on any atom is -0.355 e. The Morgan fingerprint density at radius 3 is 2.58 bits per heavy atom. The Bertz CT molecular complexity index is 995. The second-order valence-electron chi connectivity index (χ2n) is 7.98. The van der Waals surface area contributed by atoms with Crippen molar-refractivity contribution in [3.63, 3.8) is 0 Å². The highest BCUT2D eigenvalue weighted by Crippen LogP contribution is 2.42. The lowest BCUT2D eigenvalue weighted by atomic mass is 10.2. The van der Waals surface area contributed by atoms with Crippen molar-refractivity contribution in [2.45, 2.75) is 38.0 Å². The molecule has 2 aromatic carbocycles. The van der Waals surface area contributed by atoms with Gasteiger partial charge in [-0.1, -0.05) is 62.4 Å². The van der Waals surface area contributed by atoms with Crippen LogP contribution in [0.1, 0.15) is 38.7 Å². The summed E-state index contributed by atoms with van der Waals surface area (Å²) in [5.74, 6) is -0.887. The lowest BCUT2D eigenvalue weighted by Gasteiger charge is -2.30. The van der Waals surface area contributed by atoms with Gasteiger partial charge in [0.1, 0.15) is 12.4 Å². The number of nitrogens with zero attached hydrogens (tertiary/aromatic N) is 2. The van der Waals surface area contributed by atoms with E-state index in [9.17, 15) is 14.0 Å². The zero-order valence-corrected chi connectivity index (χ0v) is 20.2. The van der Waals surface area contributed by atoms with Crippen LogP contribution in [0.3, 0.4) is 0 Å². The molecule has 176 valence electrons. The Hall–Kier alpha value is -2.64. The van der Waals surface area contributed by atoms with Crippen LogP contribution >= 0.6 is 11.8 Å². The van der Waals surface area contributed by atoms with E-state index >= 15 is 0 Å². The monoisotopic (exact) mass is 469 g/mol. The maximum atomic E-state index is 14.2. The summed E-state index contributed by atoms with van der Waals surface area (Å²) in [7, 11) is 0. The van der Waals surface area contributed by atoms with Crippen LogP contribution in [0.2, 0.25) is 0 Å². The smallest absolute Gasteiger partial charge is 0.265 e. The molecule has 0 fully saturated rings. The van der Waals surface area contributed by atoms with Gasteiger partial charge in [-0.15, -0.1) is 0 Å². The van der Waals surface area contributed by atoms with Gasteiger partial charge in [0, 0.05) is 17.0 Å². The normalized spacial score (nSPS) is 14.6. The molecule has 1 aliphatic heterocycles. The van der Waals surface area contributed by atoms with Gasteiger partial charge in [0.05, 0.1) is 10.6 Å². The number of unbranched alkanes of at least 4 members (excludes halogenated alkanes) is 1. The minimum atomic E-state index is -0.387. The fourth-order valence-corrected chi connectivity index (χ4v) is 4.74. The van der Waals surface area contributed by atoms with E-state index in [1.54, 1.807) is 24.3 Å². The summed E-state index contributed by atoms with van der Waals surface area (Å²) in [6.07, 6.45) is 4.77. The van der Waals surface area contributed by atoms with E-state index in [2.05, 4.69) is 24.1 Å². The molecule has 0 unspecified atom stereocenters. The molecule has 2 amide bonds. The van der Waals surface area contributed by atoms with Gasteiger partial charge >= 0.3 is 0 Å². The third-order valence-electron chi connectivity index (χ3n) is 5.57. The van der Waals surface area contributed by atoms with Gasteiger partial charge in [-0.3, -0.25) is 14.5 Å². The first-order valence-corrected chi connectivity index (χ1v) is 12.4. The highest BCUT2D eigenvalue weighted by Gasteiger charge is 2.30. The molecule has 3 rings (SSSR count). The fourth-order valence-electron chi connectivity index (χ4n) is 3.69. The Morgan fingerprint density at radius 1 is 1.09 bits per heavy atom. The van der Waals surface area contributed by atoms with Gasteiger partial charge in [0.2, 0.25) is 5.91 Å². The van der Waals surface area contributed by atoms with Crippen molar-refractivity contribution in [3.05, 3.63) is 64.8 Å². The number of carbonyl (C=O) groups excluding carboxylic acids is 2. The van der Waals surface area contributed by atoms with Gasteiger partial charge in [0.25, 0.3) is 5.91 Å². The molecule has 0 saturated heterocycles. The molecule has 0 aliphatic carbocycles. The summed E-state index contributed by atoms with van der Waals surface area (Å²) in [5, 5.41) is 2.94. The predicted octanol–water partition coefficient (Wildman–Crippen LogP) is 4.93. The van der Waals surface area contributed by atoms with Gasteiger partial charge in [0.15, 0.2) is 0 Å². The first-order valence-electron chi connectivity index (χ1n) is 11.6. The van der Waals surface area contributed by atoms with Crippen LogP contribution in [0, 0.1) is 5.82 Å². The van der Waals surface area contributed by atoms with E-state index in [0.29, 0.717) is 22.7 Å². The molecule has 1 N–H and O–H groups in total. The SMILES string of the molecule is CCCCN(CC)CCCNC(=O)CN1C(=O)C(=Cc2ccccc2F)Sc2ccccc21. The third-order valence-corrected chi connectivity index (χ3v) is 6.65. The molecule has 0 spiro atoms.